The van der Waals surface area contributed by atoms with Crippen LogP contribution in [0.3, 0.4) is 0 Å². The molecule has 0 spiro atoms. The van der Waals surface area contributed by atoms with E-state index in [9.17, 15) is 0 Å². The lowest BCUT2D eigenvalue weighted by Crippen LogP contribution is -2.57. The molecule has 13 heavy (non-hydrogen) atoms. The first-order valence-electron chi connectivity index (χ1n) is 5.06. The van der Waals surface area contributed by atoms with E-state index in [1.165, 1.54) is 13.1 Å². The van der Waals surface area contributed by atoms with E-state index in [1.54, 1.807) is 0 Å². The molecule has 2 unspecified atom stereocenters. The molecule has 2 atom stereocenters. The van der Waals surface area contributed by atoms with Crippen LogP contribution in [0.4, 0.5) is 0 Å². The Morgan fingerprint density at radius 3 is 2.38 bits per heavy atom. The van der Waals surface area contributed by atoms with E-state index in [1.807, 2.05) is 0 Å². The Morgan fingerprint density at radius 2 is 1.85 bits per heavy atom. The molecule has 78 valence electrons. The van der Waals surface area contributed by atoms with Crippen LogP contribution in [0.15, 0.2) is 0 Å². The van der Waals surface area contributed by atoms with E-state index in [2.05, 4.69) is 49.8 Å². The van der Waals surface area contributed by atoms with Gasteiger partial charge in [-0.05, 0) is 35.1 Å². The molecular formula is C10H23N3. The molecule has 0 aromatic heterocycles. The highest BCUT2D eigenvalue weighted by Crippen LogP contribution is 2.12. The van der Waals surface area contributed by atoms with E-state index in [0.29, 0.717) is 12.1 Å². The summed E-state index contributed by atoms with van der Waals surface area (Å²) in [6.45, 7) is 5.85. The van der Waals surface area contributed by atoms with Crippen molar-refractivity contribution in [1.82, 2.24) is 14.7 Å². The van der Waals surface area contributed by atoms with Gasteiger partial charge in [0.1, 0.15) is 0 Å². The van der Waals surface area contributed by atoms with E-state index in [0.717, 1.165) is 6.54 Å². The zero-order valence-corrected chi connectivity index (χ0v) is 9.62. The second kappa shape index (κ2) is 4.40. The van der Waals surface area contributed by atoms with Crippen molar-refractivity contribution in [2.45, 2.75) is 19.0 Å². The van der Waals surface area contributed by atoms with E-state index < -0.39 is 0 Å². The molecule has 1 aliphatic rings. The highest BCUT2D eigenvalue weighted by Gasteiger charge is 2.27. The largest absolute Gasteiger partial charge is 0.308 e. The van der Waals surface area contributed by atoms with Gasteiger partial charge in [0.05, 0.1) is 0 Å². The monoisotopic (exact) mass is 185 g/mol. The lowest BCUT2D eigenvalue weighted by atomic mass is 10.1. The quantitative estimate of drug-likeness (QED) is 0.608. The summed E-state index contributed by atoms with van der Waals surface area (Å²) in [5.74, 6) is 0. The molecule has 3 nitrogen and oxygen atoms in total. The lowest BCUT2D eigenvalue weighted by Gasteiger charge is -2.43. The van der Waals surface area contributed by atoms with Gasteiger partial charge in [0, 0.05) is 31.7 Å². The van der Waals surface area contributed by atoms with Crippen LogP contribution in [0.2, 0.25) is 0 Å². The van der Waals surface area contributed by atoms with E-state index >= 15 is 0 Å². The van der Waals surface area contributed by atoms with Crippen molar-refractivity contribution in [1.29, 1.82) is 0 Å². The van der Waals surface area contributed by atoms with Crippen LogP contribution in [-0.4, -0.2) is 74.6 Å². The van der Waals surface area contributed by atoms with Crippen LogP contribution in [0, 0.1) is 0 Å². The molecule has 1 heterocycles. The molecule has 0 aromatic rings. The van der Waals surface area contributed by atoms with Crippen molar-refractivity contribution < 1.29 is 0 Å². The molecule has 1 fully saturated rings. The van der Waals surface area contributed by atoms with Gasteiger partial charge >= 0.3 is 0 Å². The summed E-state index contributed by atoms with van der Waals surface area (Å²) in [5.41, 5.74) is 0. The van der Waals surface area contributed by atoms with Gasteiger partial charge in [0.25, 0.3) is 0 Å². The van der Waals surface area contributed by atoms with Gasteiger partial charge in [-0.25, -0.2) is 0 Å². The Balaban J connectivity index is 2.50. The fraction of sp³-hybridized carbons (Fsp3) is 1.00. The predicted octanol–water partition coefficient (Wildman–Crippen LogP) is 0.182. The molecule has 1 saturated heterocycles. The highest BCUT2D eigenvalue weighted by atomic mass is 15.3. The zero-order chi connectivity index (χ0) is 10.0. The normalized spacial score (nSPS) is 32.8. The van der Waals surface area contributed by atoms with Crippen LogP contribution in [0.5, 0.6) is 0 Å². The molecule has 0 saturated carbocycles. The first kappa shape index (κ1) is 11.0. The Bertz CT molecular complexity index is 156. The summed E-state index contributed by atoms with van der Waals surface area (Å²) in [6, 6.07) is 1.37. The van der Waals surface area contributed by atoms with Crippen molar-refractivity contribution in [2.75, 3.05) is 47.8 Å². The van der Waals surface area contributed by atoms with Gasteiger partial charge in [-0.3, -0.25) is 4.90 Å². The standard InChI is InChI=1S/C10H23N3/c1-9-6-12(4)8-10(13(9)5)7-11(2)3/h9-10H,6-8H2,1-5H3. The van der Waals surface area contributed by atoms with Crippen molar-refractivity contribution in [3.63, 3.8) is 0 Å². The summed E-state index contributed by atoms with van der Waals surface area (Å²) in [7, 11) is 8.75. The molecule has 0 radical (unpaired) electrons. The second-order valence-electron chi connectivity index (χ2n) is 4.65. The van der Waals surface area contributed by atoms with Crippen molar-refractivity contribution in [3.05, 3.63) is 0 Å². The number of rotatable bonds is 2. The van der Waals surface area contributed by atoms with Gasteiger partial charge in [-0.2, -0.15) is 0 Å². The molecule has 0 amide bonds. The minimum Gasteiger partial charge on any atom is -0.308 e. The molecule has 3 heteroatoms. The van der Waals surface area contributed by atoms with Crippen molar-refractivity contribution in [3.8, 4) is 0 Å². The second-order valence-corrected chi connectivity index (χ2v) is 4.65. The number of hydrogen-bond donors (Lipinski definition) is 0. The van der Waals surface area contributed by atoms with Gasteiger partial charge in [-0.15, -0.1) is 0 Å². The van der Waals surface area contributed by atoms with Gasteiger partial charge in [-0.1, -0.05) is 0 Å². The summed E-state index contributed by atoms with van der Waals surface area (Å²) in [5, 5.41) is 0. The first-order chi connectivity index (χ1) is 6.00. The maximum Gasteiger partial charge on any atom is 0.0350 e. The smallest absolute Gasteiger partial charge is 0.0350 e. The molecule has 1 aliphatic heterocycles. The topological polar surface area (TPSA) is 9.72 Å². The van der Waals surface area contributed by atoms with Gasteiger partial charge in [0.2, 0.25) is 0 Å². The maximum absolute atomic E-state index is 2.50. The lowest BCUT2D eigenvalue weighted by molar-refractivity contribution is 0.0527. The molecule has 0 bridgehead atoms. The fourth-order valence-electron chi connectivity index (χ4n) is 2.11. The van der Waals surface area contributed by atoms with Crippen LogP contribution in [-0.2, 0) is 0 Å². The fourth-order valence-corrected chi connectivity index (χ4v) is 2.11. The maximum atomic E-state index is 2.50. The SMILES string of the molecule is CC1CN(C)CC(CN(C)C)N1C. The number of likely N-dealkylation sites (N-methyl/N-ethyl adjacent to an activating group) is 3. The van der Waals surface area contributed by atoms with E-state index in [4.69, 9.17) is 0 Å². The highest BCUT2D eigenvalue weighted by molar-refractivity contribution is 4.84. The third kappa shape index (κ3) is 2.93. The Labute approximate surface area is 82.3 Å². The zero-order valence-electron chi connectivity index (χ0n) is 9.62. The number of nitrogens with zero attached hydrogens (tertiary/aromatic N) is 3. The van der Waals surface area contributed by atoms with Crippen LogP contribution >= 0.6 is 0 Å². The Morgan fingerprint density at radius 1 is 1.23 bits per heavy atom. The molecule has 0 aromatic carbocycles. The van der Waals surface area contributed by atoms with Crippen LogP contribution < -0.4 is 0 Å². The molecule has 1 rings (SSSR count). The third-order valence-electron chi connectivity index (χ3n) is 2.95. The first-order valence-corrected chi connectivity index (χ1v) is 5.06. The molecular weight excluding hydrogens is 162 g/mol. The predicted molar refractivity (Wildman–Crippen MR) is 57.1 cm³/mol. The summed E-state index contributed by atoms with van der Waals surface area (Å²) in [4.78, 5) is 7.20. The van der Waals surface area contributed by atoms with Crippen LogP contribution in [0.1, 0.15) is 6.92 Å². The number of hydrogen-bond acceptors (Lipinski definition) is 3. The minimum atomic E-state index is 0.684. The molecule has 0 N–H and O–H groups in total. The Kier molecular flexibility index (Phi) is 3.71. The van der Waals surface area contributed by atoms with Gasteiger partial charge in [0.15, 0.2) is 0 Å². The third-order valence-corrected chi connectivity index (χ3v) is 2.95. The summed E-state index contributed by atoms with van der Waals surface area (Å²) < 4.78 is 0. The molecule has 0 aliphatic carbocycles. The average Bonchev–Trinajstić information content (AvgIpc) is 1.98. The van der Waals surface area contributed by atoms with Crippen LogP contribution in [0.25, 0.3) is 0 Å². The van der Waals surface area contributed by atoms with Crippen molar-refractivity contribution >= 4 is 0 Å². The average molecular weight is 185 g/mol. The number of piperazine rings is 1. The van der Waals surface area contributed by atoms with Gasteiger partial charge < -0.3 is 9.80 Å². The summed E-state index contributed by atoms with van der Waals surface area (Å²) in [6.07, 6.45) is 0. The van der Waals surface area contributed by atoms with E-state index in [-0.39, 0.29) is 0 Å². The van der Waals surface area contributed by atoms with Crippen molar-refractivity contribution in [2.24, 2.45) is 0 Å². The Hall–Kier alpha value is -0.120. The minimum absolute atomic E-state index is 0.684. The summed E-state index contributed by atoms with van der Waals surface area (Å²) >= 11 is 0.